The molecule has 220 valence electrons. The van der Waals surface area contributed by atoms with Crippen molar-refractivity contribution in [2.75, 3.05) is 19.3 Å². The van der Waals surface area contributed by atoms with Crippen LogP contribution in [0.25, 0.3) is 22.2 Å². The van der Waals surface area contributed by atoms with Crippen molar-refractivity contribution in [3.63, 3.8) is 0 Å². The van der Waals surface area contributed by atoms with Crippen LogP contribution < -0.4 is 15.4 Å². The van der Waals surface area contributed by atoms with Gasteiger partial charge in [0.15, 0.2) is 0 Å². The predicted octanol–water partition coefficient (Wildman–Crippen LogP) is 5.01. The first-order valence-electron chi connectivity index (χ1n) is 14.0. The predicted molar refractivity (Wildman–Crippen MR) is 161 cm³/mol. The molecule has 0 saturated heterocycles. The molecular formula is C31H40N4O5S. The average molecular weight is 581 g/mol. The fourth-order valence-corrected chi connectivity index (χ4v) is 5.51. The Hall–Kier alpha value is -3.50. The lowest BCUT2D eigenvalue weighted by Gasteiger charge is -2.29. The van der Waals surface area contributed by atoms with Crippen LogP contribution >= 0.6 is 0 Å². The summed E-state index contributed by atoms with van der Waals surface area (Å²) in [5.41, 5.74) is 3.01. The fourth-order valence-electron chi connectivity index (χ4n) is 5.08. The summed E-state index contributed by atoms with van der Waals surface area (Å²) in [5, 5.41) is 6.80. The van der Waals surface area contributed by atoms with Crippen molar-refractivity contribution in [2.24, 2.45) is 11.8 Å². The van der Waals surface area contributed by atoms with E-state index in [0.717, 1.165) is 48.5 Å². The Morgan fingerprint density at radius 2 is 1.59 bits per heavy atom. The van der Waals surface area contributed by atoms with E-state index in [1.54, 1.807) is 6.07 Å². The summed E-state index contributed by atoms with van der Waals surface area (Å²) in [6.07, 6.45) is 4.69. The third-order valence-electron chi connectivity index (χ3n) is 7.17. The molecule has 0 bridgehead atoms. The van der Waals surface area contributed by atoms with Gasteiger partial charge < -0.3 is 15.4 Å². The fraction of sp³-hybridized carbons (Fsp3) is 0.452. The van der Waals surface area contributed by atoms with Gasteiger partial charge in [-0.05, 0) is 82.1 Å². The number of hydrogen-bond donors (Lipinski definition) is 3. The summed E-state index contributed by atoms with van der Waals surface area (Å²) in [7, 11) is -3.32. The molecule has 0 spiro atoms. The first kappa shape index (κ1) is 30.5. The SMILES string of the molecule is CC(C)(C)OC(=O)NCC1CCC(CNC(=O)c2cc(-c3cccc(CNS(C)(=O)=O)c3)nc3ccccc23)CC1. The first-order chi connectivity index (χ1) is 19.4. The smallest absolute Gasteiger partial charge is 0.407 e. The van der Waals surface area contributed by atoms with Crippen molar-refractivity contribution in [1.29, 1.82) is 0 Å². The number of para-hydroxylation sites is 1. The number of pyridine rings is 1. The summed E-state index contributed by atoms with van der Waals surface area (Å²) in [6, 6.07) is 16.9. The Labute approximate surface area is 242 Å². The number of rotatable bonds is 9. The molecule has 1 aliphatic rings. The van der Waals surface area contributed by atoms with Gasteiger partial charge in [0, 0.05) is 30.6 Å². The number of carbonyl (C=O) groups excluding carboxylic acids is 2. The Morgan fingerprint density at radius 3 is 2.24 bits per heavy atom. The van der Waals surface area contributed by atoms with Crippen molar-refractivity contribution in [1.82, 2.24) is 20.3 Å². The second kappa shape index (κ2) is 13.0. The van der Waals surface area contributed by atoms with E-state index in [9.17, 15) is 18.0 Å². The average Bonchev–Trinajstić information content (AvgIpc) is 2.92. The number of fused-ring (bicyclic) bond motifs is 1. The topological polar surface area (TPSA) is 126 Å². The molecule has 0 unspecified atom stereocenters. The molecule has 1 aromatic heterocycles. The Balaban J connectivity index is 1.39. The third-order valence-corrected chi connectivity index (χ3v) is 7.84. The lowest BCUT2D eigenvalue weighted by atomic mass is 9.82. The number of carbonyl (C=O) groups is 2. The summed E-state index contributed by atoms with van der Waals surface area (Å²) >= 11 is 0. The summed E-state index contributed by atoms with van der Waals surface area (Å²) in [6.45, 7) is 6.91. The second-order valence-corrected chi connectivity index (χ2v) is 13.7. The van der Waals surface area contributed by atoms with Crippen molar-refractivity contribution >= 4 is 32.9 Å². The van der Waals surface area contributed by atoms with E-state index >= 15 is 0 Å². The first-order valence-corrected chi connectivity index (χ1v) is 15.9. The Bertz CT molecular complexity index is 1490. The van der Waals surface area contributed by atoms with Gasteiger partial charge in [-0.25, -0.2) is 22.9 Å². The van der Waals surface area contributed by atoms with Crippen LogP contribution in [0.15, 0.2) is 54.6 Å². The summed E-state index contributed by atoms with van der Waals surface area (Å²) < 4.78 is 30.9. The Kier molecular flexibility index (Phi) is 9.65. The summed E-state index contributed by atoms with van der Waals surface area (Å²) in [5.74, 6) is 0.640. The summed E-state index contributed by atoms with van der Waals surface area (Å²) in [4.78, 5) is 30.2. The Morgan fingerprint density at radius 1 is 0.927 bits per heavy atom. The largest absolute Gasteiger partial charge is 0.444 e. The third kappa shape index (κ3) is 9.26. The van der Waals surface area contributed by atoms with E-state index in [-0.39, 0.29) is 18.5 Å². The number of benzene rings is 2. The van der Waals surface area contributed by atoms with Crippen molar-refractivity contribution < 1.29 is 22.7 Å². The molecule has 9 nitrogen and oxygen atoms in total. The number of amides is 2. The van der Waals surface area contributed by atoms with Crippen LogP contribution in [0.1, 0.15) is 62.4 Å². The minimum atomic E-state index is -3.32. The van der Waals surface area contributed by atoms with Gasteiger partial charge >= 0.3 is 6.09 Å². The standard InChI is InChI=1S/C31H40N4O5S/c1-31(2,3)40-30(37)33-19-22-14-12-21(13-15-22)18-32-29(36)26-17-28(35-27-11-6-5-10-25(26)27)24-9-7-8-23(16-24)20-34-41(4,38)39/h5-11,16-17,21-22,34H,12-15,18-20H2,1-4H3,(H,32,36)(H,33,37). The van der Waals surface area contributed by atoms with E-state index in [1.807, 2.05) is 69.3 Å². The van der Waals surface area contributed by atoms with E-state index in [2.05, 4.69) is 15.4 Å². The molecule has 0 atom stereocenters. The normalized spacial score (nSPS) is 17.7. The van der Waals surface area contributed by atoms with Crippen LogP contribution in [0.5, 0.6) is 0 Å². The molecule has 3 aromatic rings. The van der Waals surface area contributed by atoms with E-state index < -0.39 is 15.6 Å². The van der Waals surface area contributed by atoms with Crippen molar-refractivity contribution in [3.8, 4) is 11.3 Å². The van der Waals surface area contributed by atoms with Crippen LogP contribution in [0.2, 0.25) is 0 Å². The van der Waals surface area contributed by atoms with Gasteiger partial charge in [-0.15, -0.1) is 0 Å². The molecule has 4 rings (SSSR count). The number of hydrogen-bond acceptors (Lipinski definition) is 6. The number of nitrogens with one attached hydrogen (secondary N) is 3. The van der Waals surface area contributed by atoms with Crippen molar-refractivity contribution in [2.45, 2.75) is 58.6 Å². The van der Waals surface area contributed by atoms with Crippen LogP contribution in [0.4, 0.5) is 4.79 Å². The zero-order valence-electron chi connectivity index (χ0n) is 24.2. The highest BCUT2D eigenvalue weighted by molar-refractivity contribution is 7.88. The number of ether oxygens (including phenoxy) is 1. The maximum absolute atomic E-state index is 13.4. The van der Waals surface area contributed by atoms with Gasteiger partial charge in [0.05, 0.1) is 23.0 Å². The van der Waals surface area contributed by atoms with Gasteiger partial charge in [0.1, 0.15) is 5.60 Å². The van der Waals surface area contributed by atoms with Gasteiger partial charge in [-0.2, -0.15) is 0 Å². The molecular weight excluding hydrogens is 540 g/mol. The molecule has 10 heteroatoms. The zero-order valence-corrected chi connectivity index (χ0v) is 25.0. The van der Waals surface area contributed by atoms with Gasteiger partial charge in [0.2, 0.25) is 10.0 Å². The van der Waals surface area contributed by atoms with E-state index in [4.69, 9.17) is 9.72 Å². The number of aromatic nitrogens is 1. The van der Waals surface area contributed by atoms with E-state index in [1.165, 1.54) is 0 Å². The van der Waals surface area contributed by atoms with Crippen molar-refractivity contribution in [3.05, 3.63) is 65.7 Å². The van der Waals surface area contributed by atoms with Gasteiger partial charge in [0.25, 0.3) is 5.91 Å². The minimum absolute atomic E-state index is 0.145. The lowest BCUT2D eigenvalue weighted by Crippen LogP contribution is -2.37. The molecule has 0 radical (unpaired) electrons. The quantitative estimate of drug-likeness (QED) is 0.327. The zero-order chi connectivity index (χ0) is 29.6. The number of nitrogens with zero attached hydrogens (tertiary/aromatic N) is 1. The molecule has 1 fully saturated rings. The van der Waals surface area contributed by atoms with Crippen LogP contribution in [0.3, 0.4) is 0 Å². The molecule has 1 heterocycles. The van der Waals surface area contributed by atoms with Gasteiger partial charge in [-0.3, -0.25) is 4.79 Å². The molecule has 2 amide bonds. The van der Waals surface area contributed by atoms with Gasteiger partial charge in [-0.1, -0.05) is 36.4 Å². The molecule has 1 aliphatic carbocycles. The monoisotopic (exact) mass is 580 g/mol. The molecule has 2 aromatic carbocycles. The molecule has 0 aliphatic heterocycles. The number of sulfonamides is 1. The molecule has 3 N–H and O–H groups in total. The molecule has 1 saturated carbocycles. The highest BCUT2D eigenvalue weighted by Gasteiger charge is 2.24. The maximum Gasteiger partial charge on any atom is 0.407 e. The molecule has 41 heavy (non-hydrogen) atoms. The van der Waals surface area contributed by atoms with Crippen LogP contribution in [0, 0.1) is 11.8 Å². The number of alkyl carbamates (subject to hydrolysis) is 1. The lowest BCUT2D eigenvalue weighted by molar-refractivity contribution is 0.0512. The maximum atomic E-state index is 13.4. The second-order valence-electron chi connectivity index (χ2n) is 11.8. The highest BCUT2D eigenvalue weighted by atomic mass is 32.2. The highest BCUT2D eigenvalue weighted by Crippen LogP contribution is 2.29. The minimum Gasteiger partial charge on any atom is -0.444 e. The van der Waals surface area contributed by atoms with E-state index in [0.29, 0.717) is 41.7 Å². The van der Waals surface area contributed by atoms with Crippen LogP contribution in [-0.4, -0.2) is 50.3 Å². The van der Waals surface area contributed by atoms with Crippen LogP contribution in [-0.2, 0) is 21.3 Å².